The van der Waals surface area contributed by atoms with Crippen LogP contribution in [0.3, 0.4) is 0 Å². The summed E-state index contributed by atoms with van der Waals surface area (Å²) in [6, 6.07) is 0. The van der Waals surface area contributed by atoms with E-state index in [0.29, 0.717) is 0 Å². The Morgan fingerprint density at radius 3 is 1.62 bits per heavy atom. The molecule has 0 aliphatic carbocycles. The van der Waals surface area contributed by atoms with Gasteiger partial charge in [-0.3, -0.25) is 19.2 Å². The molecule has 0 saturated carbocycles. The molecule has 0 spiro atoms. The topological polar surface area (TPSA) is 202 Å². The number of carbonyl (C=O) groups is 6. The van der Waals surface area contributed by atoms with Gasteiger partial charge in [0.25, 0.3) is 0 Å². The fraction of sp³-hybridized carbons (Fsp3) is 0.647. The summed E-state index contributed by atoms with van der Waals surface area (Å²) < 4.78 is 8.89. The molecule has 0 unspecified atom stereocenters. The van der Waals surface area contributed by atoms with E-state index in [1.807, 2.05) is 0 Å². The number of aliphatic hydroxyl groups excluding tert-OH is 4. The molecule has 0 aliphatic heterocycles. The molecular formula is C17H26O12. The second-order valence-corrected chi connectivity index (χ2v) is 6.07. The first-order chi connectivity index (χ1) is 13.1. The Kier molecular flexibility index (Phi) is 12.7. The largest absolute Gasteiger partial charge is 0.457 e. The minimum absolute atomic E-state index is 0.0256. The van der Waals surface area contributed by atoms with E-state index in [4.69, 9.17) is 10.2 Å². The highest BCUT2D eigenvalue weighted by molar-refractivity contribution is 6.32. The predicted octanol–water partition coefficient (Wildman–Crippen LogP) is -2.75. The molecule has 12 heteroatoms. The van der Waals surface area contributed by atoms with Crippen LogP contribution in [0, 0.1) is 0 Å². The van der Waals surface area contributed by atoms with Crippen LogP contribution >= 0.6 is 0 Å². The Morgan fingerprint density at radius 1 is 0.897 bits per heavy atom. The second-order valence-electron chi connectivity index (χ2n) is 6.07. The molecule has 0 amide bonds. The zero-order valence-corrected chi connectivity index (χ0v) is 16.6. The Labute approximate surface area is 166 Å². The van der Waals surface area contributed by atoms with Gasteiger partial charge in [0.15, 0.2) is 17.9 Å². The van der Waals surface area contributed by atoms with Crippen molar-refractivity contribution in [1.29, 1.82) is 0 Å². The third-order valence-electron chi connectivity index (χ3n) is 3.60. The fourth-order valence-corrected chi connectivity index (χ4v) is 1.55. The summed E-state index contributed by atoms with van der Waals surface area (Å²) in [7, 11) is 0. The Bertz CT molecular complexity index is 612. The van der Waals surface area contributed by atoms with Crippen molar-refractivity contribution < 1.29 is 58.7 Å². The van der Waals surface area contributed by atoms with E-state index in [-0.39, 0.29) is 6.29 Å². The number of ketones is 3. The first-order valence-electron chi connectivity index (χ1n) is 8.18. The van der Waals surface area contributed by atoms with E-state index >= 15 is 0 Å². The first-order valence-corrected chi connectivity index (χ1v) is 8.18. The van der Waals surface area contributed by atoms with E-state index < -0.39 is 65.9 Å². The van der Waals surface area contributed by atoms with Crippen LogP contribution in [0.2, 0.25) is 0 Å². The minimum atomic E-state index is -1.92. The fourth-order valence-electron chi connectivity index (χ4n) is 1.55. The van der Waals surface area contributed by atoms with Crippen molar-refractivity contribution in [2.24, 2.45) is 0 Å². The van der Waals surface area contributed by atoms with E-state index in [2.05, 4.69) is 9.47 Å². The zero-order chi connectivity index (χ0) is 23.5. The average molecular weight is 422 g/mol. The number of aliphatic hydroxyl groups is 4. The molecule has 4 N–H and O–H groups in total. The number of hydrogen-bond donors (Lipinski definition) is 4. The van der Waals surface area contributed by atoms with Gasteiger partial charge in [-0.25, -0.2) is 4.79 Å². The summed E-state index contributed by atoms with van der Waals surface area (Å²) in [5.41, 5.74) is -1.61. The highest BCUT2D eigenvalue weighted by Crippen LogP contribution is 2.13. The van der Waals surface area contributed by atoms with Crippen LogP contribution < -0.4 is 0 Å². The monoisotopic (exact) mass is 422 g/mol. The lowest BCUT2D eigenvalue weighted by atomic mass is 9.97. The van der Waals surface area contributed by atoms with Crippen molar-refractivity contribution in [3.05, 3.63) is 0 Å². The summed E-state index contributed by atoms with van der Waals surface area (Å²) in [4.78, 5) is 63.7. The number of carbonyl (C=O) groups excluding carboxylic acids is 6. The summed E-state index contributed by atoms with van der Waals surface area (Å²) in [5.74, 6) is -3.67. The SMILES string of the molecule is CC(=O)C(=O)OC[C@@H](O)[C@@H](O)[C@H](O)[C@@H](O)C=O.CC(=O)OC(C)(C(C)=O)C(C)=O. The van der Waals surface area contributed by atoms with Crippen molar-refractivity contribution in [3.8, 4) is 0 Å². The Morgan fingerprint density at radius 2 is 1.34 bits per heavy atom. The van der Waals surface area contributed by atoms with Crippen molar-refractivity contribution in [2.75, 3.05) is 6.61 Å². The molecule has 0 bridgehead atoms. The summed E-state index contributed by atoms with van der Waals surface area (Å²) in [6.45, 7) is 5.08. The van der Waals surface area contributed by atoms with Gasteiger partial charge < -0.3 is 34.7 Å². The number of rotatable bonds is 10. The van der Waals surface area contributed by atoms with Gasteiger partial charge in [0.1, 0.15) is 31.0 Å². The van der Waals surface area contributed by atoms with Crippen LogP contribution in [-0.4, -0.2) is 92.6 Å². The molecular weight excluding hydrogens is 396 g/mol. The maximum absolute atomic E-state index is 10.9. The van der Waals surface area contributed by atoms with Crippen LogP contribution in [0.4, 0.5) is 0 Å². The third kappa shape index (κ3) is 9.99. The van der Waals surface area contributed by atoms with Gasteiger partial charge in [-0.2, -0.15) is 0 Å². The van der Waals surface area contributed by atoms with E-state index in [1.54, 1.807) is 0 Å². The molecule has 0 aromatic carbocycles. The Balaban J connectivity index is 0. The standard InChI is InChI=1S/C9H14O8.C8H12O4/c1-4(11)9(16)17-3-6(13)8(15)7(14)5(12)2-10;1-5(9)8(4,6(2)10)12-7(3)11/h2,5-8,12-15H,3H2,1H3;1-4H3/t5-,6+,7+,8+;/m0./s1. The molecule has 29 heavy (non-hydrogen) atoms. The van der Waals surface area contributed by atoms with E-state index in [1.165, 1.54) is 20.8 Å². The summed E-state index contributed by atoms with van der Waals surface area (Å²) >= 11 is 0. The van der Waals surface area contributed by atoms with Crippen LogP contribution in [0.1, 0.15) is 34.6 Å². The molecule has 0 rings (SSSR count). The third-order valence-corrected chi connectivity index (χ3v) is 3.60. The molecule has 0 aliphatic rings. The molecule has 0 radical (unpaired) electrons. The molecule has 0 fully saturated rings. The number of aldehydes is 1. The van der Waals surface area contributed by atoms with E-state index in [0.717, 1.165) is 13.8 Å². The number of ether oxygens (including phenoxy) is 2. The van der Waals surface area contributed by atoms with Crippen molar-refractivity contribution in [2.45, 2.75) is 64.6 Å². The predicted molar refractivity (Wildman–Crippen MR) is 93.3 cm³/mol. The number of hydrogen-bond acceptors (Lipinski definition) is 12. The van der Waals surface area contributed by atoms with Gasteiger partial charge in [0.2, 0.25) is 11.4 Å². The van der Waals surface area contributed by atoms with Crippen LogP contribution in [-0.2, 0) is 38.2 Å². The van der Waals surface area contributed by atoms with Gasteiger partial charge >= 0.3 is 11.9 Å². The summed E-state index contributed by atoms with van der Waals surface area (Å²) in [6.07, 6.45) is -7.44. The van der Waals surface area contributed by atoms with Crippen molar-refractivity contribution in [1.82, 2.24) is 0 Å². The van der Waals surface area contributed by atoms with Gasteiger partial charge in [0.05, 0.1) is 0 Å². The molecule has 0 aromatic rings. The Hall–Kier alpha value is -2.54. The lowest BCUT2D eigenvalue weighted by Crippen LogP contribution is -2.47. The normalized spacial score (nSPS) is 14.8. The quantitative estimate of drug-likeness (QED) is 0.122. The lowest BCUT2D eigenvalue weighted by molar-refractivity contribution is -0.168. The van der Waals surface area contributed by atoms with Crippen molar-refractivity contribution >= 4 is 35.6 Å². The maximum Gasteiger partial charge on any atom is 0.374 e. The molecule has 0 aromatic heterocycles. The molecule has 12 nitrogen and oxygen atoms in total. The molecule has 0 saturated heterocycles. The zero-order valence-electron chi connectivity index (χ0n) is 16.6. The lowest BCUT2D eigenvalue weighted by Gasteiger charge is -2.23. The number of Topliss-reactive ketones (excluding diaryl/α,β-unsaturated/α-hetero) is 3. The first kappa shape index (κ1) is 28.7. The molecule has 4 atom stereocenters. The van der Waals surface area contributed by atoms with Crippen molar-refractivity contribution in [3.63, 3.8) is 0 Å². The van der Waals surface area contributed by atoms with Gasteiger partial charge in [0, 0.05) is 13.8 Å². The minimum Gasteiger partial charge on any atom is -0.457 e. The van der Waals surface area contributed by atoms with Gasteiger partial charge in [-0.15, -0.1) is 0 Å². The van der Waals surface area contributed by atoms with Crippen LogP contribution in [0.5, 0.6) is 0 Å². The highest BCUT2D eigenvalue weighted by atomic mass is 16.6. The van der Waals surface area contributed by atoms with E-state index in [9.17, 15) is 39.0 Å². The number of esters is 2. The second kappa shape index (κ2) is 12.8. The smallest absolute Gasteiger partial charge is 0.374 e. The summed E-state index contributed by atoms with van der Waals surface area (Å²) in [5, 5.41) is 36.5. The maximum atomic E-state index is 10.9. The van der Waals surface area contributed by atoms with Crippen LogP contribution in [0.25, 0.3) is 0 Å². The van der Waals surface area contributed by atoms with Crippen LogP contribution in [0.15, 0.2) is 0 Å². The van der Waals surface area contributed by atoms with Gasteiger partial charge in [-0.05, 0) is 20.8 Å². The average Bonchev–Trinajstić information content (AvgIpc) is 2.63. The van der Waals surface area contributed by atoms with Gasteiger partial charge in [-0.1, -0.05) is 0 Å². The molecule has 0 heterocycles. The molecule has 166 valence electrons. The highest BCUT2D eigenvalue weighted by Gasteiger charge is 2.38.